The first-order valence-corrected chi connectivity index (χ1v) is 9.48. The molecule has 1 N–H and O–H groups in total. The Bertz CT molecular complexity index is 479. The molecule has 1 saturated heterocycles. The third-order valence-electron chi connectivity index (χ3n) is 4.74. The van der Waals surface area contributed by atoms with E-state index in [1.54, 1.807) is 11.8 Å². The van der Waals surface area contributed by atoms with Crippen molar-refractivity contribution in [3.8, 4) is 0 Å². The molecule has 4 nitrogen and oxygen atoms in total. The van der Waals surface area contributed by atoms with Gasteiger partial charge >= 0.3 is 0 Å². The van der Waals surface area contributed by atoms with Gasteiger partial charge in [0, 0.05) is 25.2 Å². The minimum Gasteiger partial charge on any atom is -0.370 e. The maximum absolute atomic E-state index is 4.77. The number of rotatable bonds is 5. The Morgan fingerprint density at radius 2 is 2.14 bits per heavy atom. The Morgan fingerprint density at radius 1 is 1.29 bits per heavy atom. The summed E-state index contributed by atoms with van der Waals surface area (Å²) in [4.78, 5) is 11.9. The van der Waals surface area contributed by atoms with Gasteiger partial charge in [0.2, 0.25) is 0 Å². The lowest BCUT2D eigenvalue weighted by atomic mass is 9.85. The first-order chi connectivity index (χ1) is 10.3. The highest BCUT2D eigenvalue weighted by molar-refractivity contribution is 7.98. The normalized spacial score (nSPS) is 25.0. The molecule has 1 aromatic heterocycles. The quantitative estimate of drug-likeness (QED) is 0.662. The van der Waals surface area contributed by atoms with Crippen LogP contribution < -0.4 is 10.2 Å². The van der Waals surface area contributed by atoms with Gasteiger partial charge in [-0.25, -0.2) is 9.97 Å². The van der Waals surface area contributed by atoms with Crippen molar-refractivity contribution in [1.29, 1.82) is 0 Å². The van der Waals surface area contributed by atoms with Gasteiger partial charge in [-0.3, -0.25) is 0 Å². The van der Waals surface area contributed by atoms with Crippen molar-refractivity contribution in [3.05, 3.63) is 6.07 Å². The molecule has 1 saturated carbocycles. The van der Waals surface area contributed by atoms with Gasteiger partial charge in [0.1, 0.15) is 11.6 Å². The van der Waals surface area contributed by atoms with Crippen LogP contribution in [-0.4, -0.2) is 35.4 Å². The molecule has 2 heterocycles. The van der Waals surface area contributed by atoms with E-state index < -0.39 is 0 Å². The molecule has 2 aliphatic rings. The average Bonchev–Trinajstić information content (AvgIpc) is 2.96. The zero-order valence-corrected chi connectivity index (χ0v) is 14.0. The topological polar surface area (TPSA) is 41.0 Å². The fraction of sp³-hybridized carbons (Fsp3) is 0.750. The number of hydrogen-bond donors (Lipinski definition) is 1. The fourth-order valence-corrected chi connectivity index (χ4v) is 4.06. The lowest BCUT2D eigenvalue weighted by Crippen LogP contribution is -2.35. The van der Waals surface area contributed by atoms with Crippen molar-refractivity contribution in [3.63, 3.8) is 0 Å². The van der Waals surface area contributed by atoms with E-state index in [0.717, 1.165) is 42.2 Å². The summed E-state index contributed by atoms with van der Waals surface area (Å²) in [7, 11) is 0. The summed E-state index contributed by atoms with van der Waals surface area (Å²) in [5.41, 5.74) is 0. The summed E-state index contributed by atoms with van der Waals surface area (Å²) in [5, 5.41) is 4.29. The molecular weight excluding hydrogens is 280 g/mol. The fourth-order valence-electron chi connectivity index (χ4n) is 3.69. The summed E-state index contributed by atoms with van der Waals surface area (Å²) in [6.07, 6.45) is 10.0. The minimum atomic E-state index is 0.711. The molecule has 1 aliphatic carbocycles. The smallest absolute Gasteiger partial charge is 0.191 e. The molecule has 2 unspecified atom stereocenters. The highest BCUT2D eigenvalue weighted by atomic mass is 32.2. The second-order valence-electron chi connectivity index (χ2n) is 6.12. The Morgan fingerprint density at radius 3 is 2.95 bits per heavy atom. The van der Waals surface area contributed by atoms with E-state index in [1.807, 2.05) is 0 Å². The lowest BCUT2D eigenvalue weighted by Gasteiger charge is -2.32. The van der Waals surface area contributed by atoms with Gasteiger partial charge < -0.3 is 10.2 Å². The van der Waals surface area contributed by atoms with Gasteiger partial charge in [0.05, 0.1) is 0 Å². The molecule has 0 spiro atoms. The lowest BCUT2D eigenvalue weighted by molar-refractivity contribution is 0.341. The molecule has 2 atom stereocenters. The van der Waals surface area contributed by atoms with Gasteiger partial charge in [-0.2, -0.15) is 0 Å². The molecule has 1 aromatic rings. The van der Waals surface area contributed by atoms with Gasteiger partial charge in [0.25, 0.3) is 0 Å². The number of hydrogen-bond acceptors (Lipinski definition) is 5. The molecule has 0 radical (unpaired) electrons. The molecule has 21 heavy (non-hydrogen) atoms. The molecule has 0 amide bonds. The first kappa shape index (κ1) is 14.9. The number of fused-ring (bicyclic) bond motifs is 1. The van der Waals surface area contributed by atoms with Gasteiger partial charge in [0.15, 0.2) is 5.16 Å². The number of nitrogens with one attached hydrogen (secondary N) is 1. The van der Waals surface area contributed by atoms with Crippen LogP contribution in [-0.2, 0) is 0 Å². The standard InChI is InChI=1S/C16H26N4S/c1-3-9-17-14-11-15(19-16(18-14)21-2)20-10-8-12-6-4-5-7-13(12)20/h11-13H,3-10H2,1-2H3,(H,17,18,19). The number of aromatic nitrogens is 2. The van der Waals surface area contributed by atoms with E-state index in [4.69, 9.17) is 4.98 Å². The van der Waals surface area contributed by atoms with Gasteiger partial charge in [-0.15, -0.1) is 0 Å². The van der Waals surface area contributed by atoms with Crippen LogP contribution in [0.15, 0.2) is 11.2 Å². The van der Waals surface area contributed by atoms with Crippen LogP contribution in [0.5, 0.6) is 0 Å². The van der Waals surface area contributed by atoms with Crippen LogP contribution in [0, 0.1) is 5.92 Å². The molecule has 0 bridgehead atoms. The first-order valence-electron chi connectivity index (χ1n) is 8.25. The molecule has 3 rings (SSSR count). The Hall–Kier alpha value is -0.970. The van der Waals surface area contributed by atoms with Crippen LogP contribution in [0.1, 0.15) is 45.4 Å². The second kappa shape index (κ2) is 6.86. The van der Waals surface area contributed by atoms with Crippen molar-refractivity contribution < 1.29 is 0 Å². The van der Waals surface area contributed by atoms with Crippen LogP contribution in [0.2, 0.25) is 0 Å². The summed E-state index contributed by atoms with van der Waals surface area (Å²) in [5.74, 6) is 2.99. The minimum absolute atomic E-state index is 0.711. The molecule has 5 heteroatoms. The van der Waals surface area contributed by atoms with Crippen LogP contribution in [0.3, 0.4) is 0 Å². The monoisotopic (exact) mass is 306 g/mol. The predicted octanol–water partition coefficient (Wildman–Crippen LogP) is 3.79. The van der Waals surface area contributed by atoms with Crippen LogP contribution >= 0.6 is 11.8 Å². The van der Waals surface area contributed by atoms with E-state index in [2.05, 4.69) is 34.4 Å². The van der Waals surface area contributed by atoms with Crippen LogP contribution in [0.4, 0.5) is 11.6 Å². The highest BCUT2D eigenvalue weighted by Gasteiger charge is 2.36. The van der Waals surface area contributed by atoms with E-state index >= 15 is 0 Å². The SMILES string of the molecule is CCCNc1cc(N2CCC3CCCCC32)nc(SC)n1. The van der Waals surface area contributed by atoms with E-state index in [1.165, 1.54) is 32.1 Å². The van der Waals surface area contributed by atoms with Gasteiger partial charge in [-0.05, 0) is 37.9 Å². The Labute approximate surface area is 132 Å². The summed E-state index contributed by atoms with van der Waals surface area (Å²) >= 11 is 1.63. The van der Waals surface area contributed by atoms with Crippen LogP contribution in [0.25, 0.3) is 0 Å². The molecular formula is C16H26N4S. The van der Waals surface area contributed by atoms with E-state index in [0.29, 0.717) is 6.04 Å². The third kappa shape index (κ3) is 3.28. The number of thioether (sulfide) groups is 1. The van der Waals surface area contributed by atoms with Gasteiger partial charge in [-0.1, -0.05) is 31.5 Å². The second-order valence-corrected chi connectivity index (χ2v) is 6.89. The predicted molar refractivity (Wildman–Crippen MR) is 90.3 cm³/mol. The number of anilines is 2. The third-order valence-corrected chi connectivity index (χ3v) is 5.28. The number of nitrogens with zero attached hydrogens (tertiary/aromatic N) is 3. The Balaban J connectivity index is 1.83. The zero-order valence-electron chi connectivity index (χ0n) is 13.1. The summed E-state index contributed by atoms with van der Waals surface area (Å²) < 4.78 is 0. The molecule has 0 aromatic carbocycles. The van der Waals surface area contributed by atoms with Crippen molar-refractivity contribution >= 4 is 23.4 Å². The van der Waals surface area contributed by atoms with Crippen molar-refractivity contribution in [2.24, 2.45) is 5.92 Å². The maximum Gasteiger partial charge on any atom is 0.191 e. The Kier molecular flexibility index (Phi) is 4.88. The molecule has 116 valence electrons. The maximum atomic E-state index is 4.77. The van der Waals surface area contributed by atoms with Crippen molar-refractivity contribution in [2.45, 2.75) is 56.6 Å². The molecule has 2 fully saturated rings. The van der Waals surface area contributed by atoms with Crippen molar-refractivity contribution in [2.75, 3.05) is 29.6 Å². The average molecular weight is 306 g/mol. The zero-order chi connectivity index (χ0) is 14.7. The van der Waals surface area contributed by atoms with Crippen molar-refractivity contribution in [1.82, 2.24) is 9.97 Å². The largest absolute Gasteiger partial charge is 0.370 e. The van der Waals surface area contributed by atoms with E-state index in [-0.39, 0.29) is 0 Å². The van der Waals surface area contributed by atoms with E-state index in [9.17, 15) is 0 Å². The highest BCUT2D eigenvalue weighted by Crippen LogP contribution is 2.38. The summed E-state index contributed by atoms with van der Waals surface area (Å²) in [6.45, 7) is 4.31. The summed E-state index contributed by atoms with van der Waals surface area (Å²) in [6, 6.07) is 2.86. The molecule has 1 aliphatic heterocycles.